The van der Waals surface area contributed by atoms with Gasteiger partial charge >= 0.3 is 6.18 Å². The lowest BCUT2D eigenvalue weighted by Crippen LogP contribution is -2.31. The Hall–Kier alpha value is -3.69. The fraction of sp³-hybridized carbons (Fsp3) is 0.185. The Labute approximate surface area is 216 Å². The number of pyridine rings is 1. The van der Waals surface area contributed by atoms with Crippen molar-refractivity contribution in [2.75, 3.05) is 27.2 Å². The highest BCUT2D eigenvalue weighted by Crippen LogP contribution is 2.39. The Morgan fingerprint density at radius 1 is 1.03 bits per heavy atom. The minimum absolute atomic E-state index is 0.0297. The summed E-state index contributed by atoms with van der Waals surface area (Å²) in [5.41, 5.74) is 0.0771. The maximum Gasteiger partial charge on any atom is 0.418 e. The topological polar surface area (TPSA) is 50.2 Å². The van der Waals surface area contributed by atoms with E-state index in [0.717, 1.165) is 24.5 Å². The molecule has 192 valence electrons. The summed E-state index contributed by atoms with van der Waals surface area (Å²) in [5, 5.41) is 3.17. The molecule has 4 aromatic rings. The normalized spacial score (nSPS) is 11.7. The van der Waals surface area contributed by atoms with Gasteiger partial charge in [-0.05, 0) is 68.2 Å². The minimum atomic E-state index is -4.68. The van der Waals surface area contributed by atoms with Gasteiger partial charge < -0.3 is 14.8 Å². The van der Waals surface area contributed by atoms with Crippen LogP contribution in [-0.4, -0.2) is 47.5 Å². The van der Waals surface area contributed by atoms with Crippen molar-refractivity contribution in [3.8, 4) is 28.2 Å². The number of hydrogen-bond acceptors (Lipinski definition) is 3. The van der Waals surface area contributed by atoms with Crippen LogP contribution in [-0.2, 0) is 6.18 Å². The molecule has 1 N–H and O–H groups in total. The van der Waals surface area contributed by atoms with Crippen LogP contribution in [0.25, 0.3) is 28.2 Å². The number of nitrogens with one attached hydrogen (secondary N) is 1. The van der Waals surface area contributed by atoms with E-state index in [0.29, 0.717) is 29.4 Å². The predicted molar refractivity (Wildman–Crippen MR) is 135 cm³/mol. The van der Waals surface area contributed by atoms with E-state index in [1.165, 1.54) is 22.8 Å². The van der Waals surface area contributed by atoms with E-state index in [9.17, 15) is 18.0 Å². The second-order valence-electron chi connectivity index (χ2n) is 8.59. The van der Waals surface area contributed by atoms with Crippen LogP contribution in [0.4, 0.5) is 17.6 Å². The highest BCUT2D eigenvalue weighted by Gasteiger charge is 2.35. The van der Waals surface area contributed by atoms with E-state index in [2.05, 4.69) is 10.3 Å². The number of halogens is 5. The van der Waals surface area contributed by atoms with Crippen LogP contribution in [0.3, 0.4) is 0 Å². The third kappa shape index (κ3) is 5.84. The molecule has 0 aliphatic rings. The van der Waals surface area contributed by atoms with E-state index in [1.54, 1.807) is 30.3 Å². The van der Waals surface area contributed by atoms with E-state index in [-0.39, 0.29) is 22.5 Å². The SMILES string of the molecule is CN(C)CCNC(=O)c1ccc(-c2ccc(-c3ccc(Cl)cc3)n2-c2cnccc2C(F)(F)F)c(F)c1. The second-order valence-corrected chi connectivity index (χ2v) is 9.03. The highest BCUT2D eigenvalue weighted by atomic mass is 35.5. The zero-order chi connectivity index (χ0) is 26.7. The molecule has 0 atom stereocenters. The fourth-order valence-electron chi connectivity index (χ4n) is 3.92. The Kier molecular flexibility index (Phi) is 7.65. The van der Waals surface area contributed by atoms with Crippen molar-refractivity contribution in [2.45, 2.75) is 6.18 Å². The lowest BCUT2D eigenvalue weighted by Gasteiger charge is -2.19. The molecule has 0 bridgehead atoms. The van der Waals surface area contributed by atoms with Crippen molar-refractivity contribution in [3.63, 3.8) is 0 Å². The van der Waals surface area contributed by atoms with Gasteiger partial charge in [0, 0.05) is 35.4 Å². The second kappa shape index (κ2) is 10.7. The molecule has 2 heterocycles. The van der Waals surface area contributed by atoms with Crippen LogP contribution < -0.4 is 5.32 Å². The van der Waals surface area contributed by atoms with Crippen molar-refractivity contribution >= 4 is 17.5 Å². The van der Waals surface area contributed by atoms with Gasteiger partial charge in [0.25, 0.3) is 5.91 Å². The largest absolute Gasteiger partial charge is 0.418 e. The maximum atomic E-state index is 15.4. The molecule has 4 rings (SSSR count). The van der Waals surface area contributed by atoms with E-state index >= 15 is 4.39 Å². The van der Waals surface area contributed by atoms with E-state index < -0.39 is 23.5 Å². The molecule has 2 aromatic carbocycles. The third-order valence-electron chi connectivity index (χ3n) is 5.72. The lowest BCUT2D eigenvalue weighted by atomic mass is 10.1. The number of carbonyl (C=O) groups excluding carboxylic acids is 1. The number of aromatic nitrogens is 2. The molecule has 0 aliphatic heterocycles. The van der Waals surface area contributed by atoms with Crippen LogP contribution in [0.5, 0.6) is 0 Å². The first kappa shape index (κ1) is 26.4. The average Bonchev–Trinajstić information content (AvgIpc) is 3.28. The molecular formula is C27H23ClF4N4O. The van der Waals surface area contributed by atoms with Gasteiger partial charge in [-0.1, -0.05) is 23.7 Å². The lowest BCUT2D eigenvalue weighted by molar-refractivity contribution is -0.137. The fourth-order valence-corrected chi connectivity index (χ4v) is 4.04. The van der Waals surface area contributed by atoms with Crippen molar-refractivity contribution in [1.82, 2.24) is 19.8 Å². The zero-order valence-electron chi connectivity index (χ0n) is 20.0. The highest BCUT2D eigenvalue weighted by molar-refractivity contribution is 6.30. The Morgan fingerprint density at radius 3 is 2.38 bits per heavy atom. The number of alkyl halides is 3. The number of hydrogen-bond donors (Lipinski definition) is 1. The van der Waals surface area contributed by atoms with E-state index in [4.69, 9.17) is 11.6 Å². The van der Waals surface area contributed by atoms with Crippen molar-refractivity contribution in [1.29, 1.82) is 0 Å². The van der Waals surface area contributed by atoms with E-state index in [1.807, 2.05) is 19.0 Å². The maximum absolute atomic E-state index is 15.4. The number of nitrogens with zero attached hydrogens (tertiary/aromatic N) is 3. The number of likely N-dealkylation sites (N-methyl/N-ethyl adjacent to an activating group) is 1. The molecule has 0 radical (unpaired) electrons. The molecule has 0 saturated carbocycles. The molecule has 0 aliphatic carbocycles. The van der Waals surface area contributed by atoms with Crippen LogP contribution >= 0.6 is 11.6 Å². The molecule has 0 spiro atoms. The molecule has 2 aromatic heterocycles. The van der Waals surface area contributed by atoms with Gasteiger partial charge in [0.05, 0.1) is 28.8 Å². The summed E-state index contributed by atoms with van der Waals surface area (Å²) in [6.45, 7) is 0.990. The predicted octanol–water partition coefficient (Wildman–Crippen LogP) is 6.31. The first-order valence-corrected chi connectivity index (χ1v) is 11.7. The first-order chi connectivity index (χ1) is 17.6. The summed E-state index contributed by atoms with van der Waals surface area (Å²) in [4.78, 5) is 18.2. The Bertz CT molecular complexity index is 1410. The molecule has 10 heteroatoms. The third-order valence-corrected chi connectivity index (χ3v) is 5.97. The van der Waals surface area contributed by atoms with Crippen molar-refractivity contribution < 1.29 is 22.4 Å². The van der Waals surface area contributed by atoms with Gasteiger partial charge in [-0.2, -0.15) is 13.2 Å². The van der Waals surface area contributed by atoms with Crippen molar-refractivity contribution in [3.05, 3.63) is 95.0 Å². The molecule has 0 saturated heterocycles. The summed E-state index contributed by atoms with van der Waals surface area (Å²) in [7, 11) is 3.72. The number of amides is 1. The van der Waals surface area contributed by atoms with Crippen LogP contribution in [0, 0.1) is 5.82 Å². The summed E-state index contributed by atoms with van der Waals surface area (Å²) in [5.74, 6) is -1.20. The molecule has 1 amide bonds. The smallest absolute Gasteiger partial charge is 0.351 e. The van der Waals surface area contributed by atoms with Crippen LogP contribution in [0.15, 0.2) is 73.1 Å². The Balaban J connectivity index is 1.84. The van der Waals surface area contributed by atoms with Crippen LogP contribution in [0.1, 0.15) is 15.9 Å². The van der Waals surface area contributed by atoms with Gasteiger partial charge in [-0.25, -0.2) is 4.39 Å². The zero-order valence-corrected chi connectivity index (χ0v) is 20.7. The summed E-state index contributed by atoms with van der Waals surface area (Å²) >= 11 is 6.00. The van der Waals surface area contributed by atoms with Crippen LogP contribution in [0.2, 0.25) is 5.02 Å². The molecular weight excluding hydrogens is 508 g/mol. The van der Waals surface area contributed by atoms with Gasteiger partial charge in [0.1, 0.15) is 5.82 Å². The van der Waals surface area contributed by atoms with Gasteiger partial charge in [0.15, 0.2) is 0 Å². The van der Waals surface area contributed by atoms with Crippen molar-refractivity contribution in [2.24, 2.45) is 0 Å². The van der Waals surface area contributed by atoms with Gasteiger partial charge in [-0.15, -0.1) is 0 Å². The number of carbonyl (C=O) groups is 1. The quantitative estimate of drug-likeness (QED) is 0.285. The monoisotopic (exact) mass is 530 g/mol. The summed E-state index contributed by atoms with van der Waals surface area (Å²) in [6.07, 6.45) is -2.53. The number of benzene rings is 2. The summed E-state index contributed by atoms with van der Waals surface area (Å²) < 4.78 is 58.6. The number of rotatable bonds is 7. The minimum Gasteiger partial charge on any atom is -0.351 e. The molecule has 5 nitrogen and oxygen atoms in total. The van der Waals surface area contributed by atoms with Gasteiger partial charge in [0.2, 0.25) is 0 Å². The molecule has 0 fully saturated rings. The summed E-state index contributed by atoms with van der Waals surface area (Å²) in [6, 6.07) is 14.5. The Morgan fingerprint density at radius 2 is 1.73 bits per heavy atom. The first-order valence-electron chi connectivity index (χ1n) is 11.3. The van der Waals surface area contributed by atoms with Gasteiger partial charge in [-0.3, -0.25) is 9.78 Å². The standard InChI is InChI=1S/C27H23ClF4N4O/c1-35(2)14-13-34-26(37)18-5-8-20(22(29)15-18)24-10-9-23(17-3-6-19(28)7-4-17)36(24)25-16-33-12-11-21(25)27(30,31)32/h3-12,15-16H,13-14H2,1-2H3,(H,34,37). The molecule has 37 heavy (non-hydrogen) atoms. The molecule has 0 unspecified atom stereocenters. The average molecular weight is 531 g/mol.